The Morgan fingerprint density at radius 2 is 1.90 bits per heavy atom. The van der Waals surface area contributed by atoms with Crippen molar-refractivity contribution < 1.29 is 22.8 Å². The van der Waals surface area contributed by atoms with Gasteiger partial charge in [-0.1, -0.05) is 12.1 Å². The molecule has 0 spiro atoms. The van der Waals surface area contributed by atoms with Gasteiger partial charge in [0.1, 0.15) is 0 Å². The summed E-state index contributed by atoms with van der Waals surface area (Å²) in [4.78, 5) is 26.7. The van der Waals surface area contributed by atoms with Gasteiger partial charge in [-0.15, -0.1) is 4.73 Å². The molecule has 1 aromatic heterocycles. The number of hydrogen-bond donors (Lipinski definition) is 1. The fourth-order valence-corrected chi connectivity index (χ4v) is 1.80. The predicted octanol–water partition coefficient (Wildman–Crippen LogP) is 1.02. The summed E-state index contributed by atoms with van der Waals surface area (Å²) in [5, 5.41) is 0.463. The maximum atomic E-state index is 12.3. The zero-order valence-electron chi connectivity index (χ0n) is 10.7. The number of alkyl halides is 3. The summed E-state index contributed by atoms with van der Waals surface area (Å²) in [6, 6.07) is 7.26. The van der Waals surface area contributed by atoms with Crippen molar-refractivity contribution in [3.8, 4) is 0 Å². The molecule has 1 heterocycles. The van der Waals surface area contributed by atoms with Gasteiger partial charge in [0, 0.05) is 11.5 Å². The van der Waals surface area contributed by atoms with Crippen molar-refractivity contribution in [2.24, 2.45) is 5.73 Å². The lowest BCUT2D eigenvalue weighted by atomic mass is 10.1. The van der Waals surface area contributed by atoms with Crippen LogP contribution in [0.15, 0.2) is 35.1 Å². The second-order valence-electron chi connectivity index (χ2n) is 4.27. The van der Waals surface area contributed by atoms with Crippen molar-refractivity contribution in [3.05, 3.63) is 46.2 Å². The number of fused-ring (bicyclic) bond motifs is 1. The molecule has 2 aromatic rings. The minimum Gasteiger partial charge on any atom is -0.330 e. The van der Waals surface area contributed by atoms with E-state index in [-0.39, 0.29) is 5.52 Å². The second-order valence-corrected chi connectivity index (χ2v) is 4.27. The SMILES string of the molecule is NCCc1ccc2ccc(=O)n(OC(=O)C(F)(F)F)c2c1. The van der Waals surface area contributed by atoms with Crippen LogP contribution >= 0.6 is 0 Å². The molecule has 0 aliphatic heterocycles. The minimum absolute atomic E-state index is 0.0750. The van der Waals surface area contributed by atoms with E-state index in [2.05, 4.69) is 4.84 Å². The molecule has 5 nitrogen and oxygen atoms in total. The van der Waals surface area contributed by atoms with E-state index in [1.54, 1.807) is 12.1 Å². The van der Waals surface area contributed by atoms with Crippen molar-refractivity contribution in [3.63, 3.8) is 0 Å². The summed E-state index contributed by atoms with van der Waals surface area (Å²) in [7, 11) is 0. The van der Waals surface area contributed by atoms with Gasteiger partial charge in [-0.25, -0.2) is 4.79 Å². The zero-order chi connectivity index (χ0) is 15.6. The first-order valence-corrected chi connectivity index (χ1v) is 5.97. The molecule has 2 rings (SSSR count). The lowest BCUT2D eigenvalue weighted by Crippen LogP contribution is -2.38. The molecular weight excluding hydrogens is 289 g/mol. The smallest absolute Gasteiger partial charge is 0.330 e. The number of benzene rings is 1. The van der Waals surface area contributed by atoms with Crippen molar-refractivity contribution in [2.75, 3.05) is 6.54 Å². The first-order chi connectivity index (χ1) is 9.82. The number of hydrogen-bond acceptors (Lipinski definition) is 4. The number of pyridine rings is 1. The van der Waals surface area contributed by atoms with Crippen molar-refractivity contribution in [1.29, 1.82) is 0 Å². The maximum Gasteiger partial charge on any atom is 0.493 e. The second kappa shape index (κ2) is 5.57. The molecule has 0 saturated carbocycles. The Labute approximate surface area is 116 Å². The van der Waals surface area contributed by atoms with E-state index < -0.39 is 17.7 Å². The highest BCUT2D eigenvalue weighted by Crippen LogP contribution is 2.17. The number of carbonyl (C=O) groups is 1. The first-order valence-electron chi connectivity index (χ1n) is 5.97. The molecule has 0 atom stereocenters. The van der Waals surface area contributed by atoms with Crippen LogP contribution in [0.3, 0.4) is 0 Å². The van der Waals surface area contributed by atoms with Gasteiger partial charge in [-0.3, -0.25) is 4.79 Å². The van der Waals surface area contributed by atoms with Crippen molar-refractivity contribution >= 4 is 16.9 Å². The molecule has 0 aliphatic rings. The lowest BCUT2D eigenvalue weighted by Gasteiger charge is -2.12. The van der Waals surface area contributed by atoms with Crippen LogP contribution in [0.25, 0.3) is 10.9 Å². The van der Waals surface area contributed by atoms with E-state index in [9.17, 15) is 22.8 Å². The summed E-state index contributed by atoms with van der Waals surface area (Å²) >= 11 is 0. The van der Waals surface area contributed by atoms with Crippen LogP contribution in [0.4, 0.5) is 13.2 Å². The van der Waals surface area contributed by atoms with E-state index in [1.807, 2.05) is 0 Å². The molecule has 0 unspecified atom stereocenters. The number of rotatable bonds is 3. The fourth-order valence-electron chi connectivity index (χ4n) is 1.80. The van der Waals surface area contributed by atoms with Crippen LogP contribution in [0.2, 0.25) is 0 Å². The van der Waals surface area contributed by atoms with Gasteiger partial charge in [0.05, 0.1) is 5.52 Å². The number of carbonyl (C=O) groups excluding carboxylic acids is 1. The Bertz CT molecular complexity index is 737. The normalized spacial score (nSPS) is 11.6. The number of nitrogens with two attached hydrogens (primary N) is 1. The van der Waals surface area contributed by atoms with Crippen LogP contribution < -0.4 is 16.1 Å². The summed E-state index contributed by atoms with van der Waals surface area (Å²) < 4.78 is 37.1. The molecule has 2 N–H and O–H groups in total. The van der Waals surface area contributed by atoms with E-state index in [0.717, 1.165) is 6.07 Å². The van der Waals surface area contributed by atoms with E-state index in [4.69, 9.17) is 5.73 Å². The third-order valence-corrected chi connectivity index (χ3v) is 2.76. The van der Waals surface area contributed by atoms with Gasteiger partial charge in [-0.05, 0) is 30.7 Å². The molecule has 8 heteroatoms. The number of halogens is 3. The Morgan fingerprint density at radius 3 is 2.52 bits per heavy atom. The first kappa shape index (κ1) is 15.0. The van der Waals surface area contributed by atoms with Crippen molar-refractivity contribution in [2.45, 2.75) is 12.6 Å². The van der Waals surface area contributed by atoms with Gasteiger partial charge in [0.25, 0.3) is 5.56 Å². The third-order valence-electron chi connectivity index (χ3n) is 2.76. The Morgan fingerprint density at radius 1 is 1.24 bits per heavy atom. The highest BCUT2D eigenvalue weighted by atomic mass is 19.4. The Hall–Kier alpha value is -2.35. The molecule has 1 aromatic carbocycles. The average Bonchev–Trinajstić information content (AvgIpc) is 2.41. The Kier molecular flexibility index (Phi) is 3.99. The molecule has 0 radical (unpaired) electrons. The summed E-state index contributed by atoms with van der Waals surface area (Å²) in [6.45, 7) is 0.338. The minimum atomic E-state index is -5.18. The molecular formula is C13H11F3N2O3. The van der Waals surface area contributed by atoms with Gasteiger partial charge in [0.2, 0.25) is 0 Å². The summed E-state index contributed by atoms with van der Waals surface area (Å²) in [5.74, 6) is -2.46. The van der Waals surface area contributed by atoms with Crippen LogP contribution in [-0.4, -0.2) is 23.4 Å². The zero-order valence-corrected chi connectivity index (χ0v) is 10.7. The highest BCUT2D eigenvalue weighted by Gasteiger charge is 2.42. The standard InChI is InChI=1S/C13H11F3N2O3/c14-13(15,16)12(20)21-18-10-7-8(5-6-17)1-2-9(10)3-4-11(18)19/h1-4,7H,5-6,17H2. The van der Waals surface area contributed by atoms with Gasteiger partial charge < -0.3 is 10.6 Å². The topological polar surface area (TPSA) is 74.3 Å². The lowest BCUT2D eigenvalue weighted by molar-refractivity contribution is -0.199. The maximum absolute atomic E-state index is 12.3. The number of nitrogens with zero attached hydrogens (tertiary/aromatic N) is 1. The monoisotopic (exact) mass is 300 g/mol. The third kappa shape index (κ3) is 3.22. The van der Waals surface area contributed by atoms with E-state index >= 15 is 0 Å². The van der Waals surface area contributed by atoms with Crippen LogP contribution in [0, 0.1) is 0 Å². The van der Waals surface area contributed by atoms with Gasteiger partial charge in [0.15, 0.2) is 0 Å². The summed E-state index contributed by atoms with van der Waals surface area (Å²) in [6.07, 6.45) is -4.71. The van der Waals surface area contributed by atoms with Gasteiger partial charge in [-0.2, -0.15) is 13.2 Å². The van der Waals surface area contributed by atoms with E-state index in [1.165, 1.54) is 12.1 Å². The molecule has 0 bridgehead atoms. The molecule has 0 aliphatic carbocycles. The quantitative estimate of drug-likeness (QED) is 0.918. The molecule has 21 heavy (non-hydrogen) atoms. The number of aromatic nitrogens is 1. The predicted molar refractivity (Wildman–Crippen MR) is 68.6 cm³/mol. The molecule has 0 amide bonds. The molecule has 112 valence electrons. The molecule has 0 saturated heterocycles. The average molecular weight is 300 g/mol. The van der Waals surface area contributed by atoms with Crippen molar-refractivity contribution in [1.82, 2.24) is 4.73 Å². The molecule has 0 fully saturated rings. The largest absolute Gasteiger partial charge is 0.493 e. The van der Waals surface area contributed by atoms with Crippen LogP contribution in [0.5, 0.6) is 0 Å². The fraction of sp³-hybridized carbons (Fsp3) is 0.231. The van der Waals surface area contributed by atoms with E-state index in [0.29, 0.717) is 28.6 Å². The van der Waals surface area contributed by atoms with Gasteiger partial charge >= 0.3 is 12.1 Å². The Balaban J connectivity index is 2.55. The highest BCUT2D eigenvalue weighted by molar-refractivity contribution is 5.81. The summed E-state index contributed by atoms with van der Waals surface area (Å²) in [5.41, 5.74) is 5.33. The van der Waals surface area contributed by atoms with Crippen LogP contribution in [0.1, 0.15) is 5.56 Å². The van der Waals surface area contributed by atoms with Crippen LogP contribution in [-0.2, 0) is 11.2 Å².